The van der Waals surface area contributed by atoms with E-state index in [4.69, 9.17) is 29.1 Å². The first kappa shape index (κ1) is 19.5. The molecule has 11 heteroatoms. The van der Waals surface area contributed by atoms with Gasteiger partial charge < -0.3 is 19.5 Å². The van der Waals surface area contributed by atoms with E-state index in [0.717, 1.165) is 18.7 Å². The van der Waals surface area contributed by atoms with Gasteiger partial charge in [0.25, 0.3) is 0 Å². The fourth-order valence-corrected chi connectivity index (χ4v) is 2.79. The number of likely N-dealkylation sites (tertiary alicyclic amines) is 1. The third-order valence-electron chi connectivity index (χ3n) is 3.37. The topological polar surface area (TPSA) is 143 Å². The van der Waals surface area contributed by atoms with E-state index in [9.17, 15) is 4.79 Å². The van der Waals surface area contributed by atoms with E-state index in [2.05, 4.69) is 10.1 Å². The number of ether oxygens (including phenoxy) is 1. The molecule has 0 aliphatic carbocycles. The second kappa shape index (κ2) is 9.06. The first-order valence-electron chi connectivity index (χ1n) is 7.61. The molecule has 1 aliphatic heterocycles. The number of thiophene rings is 1. The van der Waals surface area contributed by atoms with Gasteiger partial charge >= 0.3 is 17.9 Å². The summed E-state index contributed by atoms with van der Waals surface area (Å²) in [5.74, 6) is -2.35. The van der Waals surface area contributed by atoms with Crippen LogP contribution in [-0.4, -0.2) is 69.4 Å². The zero-order chi connectivity index (χ0) is 19.1. The van der Waals surface area contributed by atoms with E-state index in [-0.39, 0.29) is 11.9 Å². The largest absolute Gasteiger partial charge is 0.473 e. The van der Waals surface area contributed by atoms with Gasteiger partial charge in [0.15, 0.2) is 0 Å². The van der Waals surface area contributed by atoms with Gasteiger partial charge in [-0.15, -0.1) is 0 Å². The van der Waals surface area contributed by atoms with E-state index < -0.39 is 11.9 Å². The Balaban J connectivity index is 0.000000352. The fraction of sp³-hybridized carbons (Fsp3) is 0.400. The molecule has 1 saturated heterocycles. The SMILES string of the molecule is CCOC(=O)CN1CC(c2nc(-c3ccsc3)no2)C1.O=C(O)C(=O)O. The monoisotopic (exact) mass is 383 g/mol. The van der Waals surface area contributed by atoms with Crippen LogP contribution in [0.4, 0.5) is 0 Å². The minimum Gasteiger partial charge on any atom is -0.473 e. The van der Waals surface area contributed by atoms with Crippen LogP contribution in [-0.2, 0) is 19.1 Å². The smallest absolute Gasteiger partial charge is 0.414 e. The predicted molar refractivity (Wildman–Crippen MR) is 88.7 cm³/mol. The number of carboxylic acid groups (broad SMARTS) is 2. The summed E-state index contributed by atoms with van der Waals surface area (Å²) in [6, 6.07) is 1.97. The number of carbonyl (C=O) groups is 3. The second-order valence-corrected chi connectivity index (χ2v) is 6.05. The summed E-state index contributed by atoms with van der Waals surface area (Å²) in [6.07, 6.45) is 0. The van der Waals surface area contributed by atoms with Crippen LogP contribution >= 0.6 is 11.3 Å². The number of aliphatic carboxylic acids is 2. The first-order valence-corrected chi connectivity index (χ1v) is 8.55. The number of aromatic nitrogens is 2. The standard InChI is InChI=1S/C13H15N3O3S.C2H2O4/c1-2-18-11(17)7-16-5-10(6-16)13-14-12(15-19-13)9-3-4-20-8-9;3-1(4)2(5)6/h3-4,8,10H,2,5-7H2,1H3;(H,3,4)(H,5,6). The molecule has 0 saturated carbocycles. The van der Waals surface area contributed by atoms with Crippen LogP contribution < -0.4 is 0 Å². The molecule has 0 unspecified atom stereocenters. The Morgan fingerprint density at radius 1 is 1.35 bits per heavy atom. The average Bonchev–Trinajstić information content (AvgIpc) is 3.22. The Labute approximate surface area is 152 Å². The quantitative estimate of drug-likeness (QED) is 0.565. The van der Waals surface area contributed by atoms with Crippen LogP contribution in [0.3, 0.4) is 0 Å². The molecule has 0 bridgehead atoms. The van der Waals surface area contributed by atoms with Gasteiger partial charge in [0.1, 0.15) is 0 Å². The van der Waals surface area contributed by atoms with Crippen LogP contribution in [0.15, 0.2) is 21.3 Å². The Hall–Kier alpha value is -2.79. The highest BCUT2D eigenvalue weighted by Gasteiger charge is 2.33. The highest BCUT2D eigenvalue weighted by molar-refractivity contribution is 7.08. The van der Waals surface area contributed by atoms with Crippen molar-refractivity contribution >= 4 is 29.2 Å². The van der Waals surface area contributed by atoms with Crippen molar-refractivity contribution in [3.8, 4) is 11.4 Å². The van der Waals surface area contributed by atoms with Crippen LogP contribution in [0.1, 0.15) is 18.7 Å². The van der Waals surface area contributed by atoms with Gasteiger partial charge in [0.05, 0.1) is 19.1 Å². The molecule has 140 valence electrons. The van der Waals surface area contributed by atoms with Gasteiger partial charge in [-0.2, -0.15) is 16.3 Å². The molecule has 0 aromatic carbocycles. The number of hydrogen-bond donors (Lipinski definition) is 2. The molecule has 3 heterocycles. The van der Waals surface area contributed by atoms with Gasteiger partial charge in [0, 0.05) is 24.0 Å². The molecule has 2 N–H and O–H groups in total. The lowest BCUT2D eigenvalue weighted by Gasteiger charge is -2.35. The molecule has 1 aliphatic rings. The summed E-state index contributed by atoms with van der Waals surface area (Å²) in [4.78, 5) is 36.0. The molecular formula is C15H17N3O7S. The van der Waals surface area contributed by atoms with Crippen molar-refractivity contribution < 1.29 is 33.9 Å². The van der Waals surface area contributed by atoms with Crippen LogP contribution in [0.5, 0.6) is 0 Å². The van der Waals surface area contributed by atoms with Crippen molar-refractivity contribution in [2.45, 2.75) is 12.8 Å². The molecule has 2 aromatic heterocycles. The number of carboxylic acids is 2. The van der Waals surface area contributed by atoms with Crippen molar-refractivity contribution in [1.82, 2.24) is 15.0 Å². The molecule has 26 heavy (non-hydrogen) atoms. The Morgan fingerprint density at radius 2 is 2.04 bits per heavy atom. The van der Waals surface area contributed by atoms with Crippen LogP contribution in [0.25, 0.3) is 11.4 Å². The van der Waals surface area contributed by atoms with E-state index in [1.807, 2.05) is 21.7 Å². The van der Waals surface area contributed by atoms with Crippen molar-refractivity contribution in [3.05, 3.63) is 22.7 Å². The summed E-state index contributed by atoms with van der Waals surface area (Å²) in [5, 5.41) is 22.7. The molecule has 0 radical (unpaired) electrons. The molecular weight excluding hydrogens is 366 g/mol. The highest BCUT2D eigenvalue weighted by Crippen LogP contribution is 2.27. The van der Waals surface area contributed by atoms with Crippen molar-refractivity contribution in [2.75, 3.05) is 26.2 Å². The van der Waals surface area contributed by atoms with Crippen molar-refractivity contribution in [2.24, 2.45) is 0 Å². The van der Waals surface area contributed by atoms with Gasteiger partial charge in [-0.1, -0.05) is 5.16 Å². The van der Waals surface area contributed by atoms with Gasteiger partial charge in [0.2, 0.25) is 11.7 Å². The summed E-state index contributed by atoms with van der Waals surface area (Å²) in [6.45, 7) is 4.06. The number of hydrogen-bond acceptors (Lipinski definition) is 9. The summed E-state index contributed by atoms with van der Waals surface area (Å²) in [5.41, 5.74) is 0.979. The van der Waals surface area contributed by atoms with Gasteiger partial charge in [-0.25, -0.2) is 9.59 Å². The number of esters is 1. The average molecular weight is 383 g/mol. The molecule has 0 atom stereocenters. The molecule has 3 rings (SSSR count). The lowest BCUT2D eigenvalue weighted by molar-refractivity contribution is -0.159. The molecule has 1 fully saturated rings. The first-order chi connectivity index (χ1) is 12.4. The zero-order valence-electron chi connectivity index (χ0n) is 13.8. The molecule has 10 nitrogen and oxygen atoms in total. The highest BCUT2D eigenvalue weighted by atomic mass is 32.1. The maximum Gasteiger partial charge on any atom is 0.414 e. The number of nitrogens with zero attached hydrogens (tertiary/aromatic N) is 3. The lowest BCUT2D eigenvalue weighted by Crippen LogP contribution is -2.47. The third-order valence-corrected chi connectivity index (χ3v) is 4.05. The molecule has 0 spiro atoms. The van der Waals surface area contributed by atoms with Crippen molar-refractivity contribution in [3.63, 3.8) is 0 Å². The minimum atomic E-state index is -1.82. The Kier molecular flexibility index (Phi) is 6.81. The maximum absolute atomic E-state index is 11.3. The van der Waals surface area contributed by atoms with E-state index in [1.165, 1.54) is 0 Å². The maximum atomic E-state index is 11.3. The third kappa shape index (κ3) is 5.36. The lowest BCUT2D eigenvalue weighted by atomic mass is 10.0. The fourth-order valence-electron chi connectivity index (χ4n) is 2.15. The summed E-state index contributed by atoms with van der Waals surface area (Å²) < 4.78 is 10.2. The molecule has 0 amide bonds. The molecule has 2 aromatic rings. The van der Waals surface area contributed by atoms with Crippen LogP contribution in [0, 0.1) is 0 Å². The number of rotatable bonds is 5. The zero-order valence-corrected chi connectivity index (χ0v) is 14.6. The number of carbonyl (C=O) groups excluding carboxylic acids is 1. The summed E-state index contributed by atoms with van der Waals surface area (Å²) >= 11 is 1.60. The minimum absolute atomic E-state index is 0.185. The second-order valence-electron chi connectivity index (χ2n) is 5.27. The Morgan fingerprint density at radius 3 is 2.58 bits per heavy atom. The normalized spacial score (nSPS) is 14.0. The van der Waals surface area contributed by atoms with Crippen LogP contribution in [0.2, 0.25) is 0 Å². The van der Waals surface area contributed by atoms with Gasteiger partial charge in [-0.05, 0) is 18.4 Å². The predicted octanol–water partition coefficient (Wildman–Crippen LogP) is 0.916. The van der Waals surface area contributed by atoms with Gasteiger partial charge in [-0.3, -0.25) is 9.69 Å². The summed E-state index contributed by atoms with van der Waals surface area (Å²) in [7, 11) is 0. The van der Waals surface area contributed by atoms with E-state index in [0.29, 0.717) is 24.9 Å². The Bertz CT molecular complexity index is 741. The van der Waals surface area contributed by atoms with Crippen molar-refractivity contribution in [1.29, 1.82) is 0 Å². The van der Waals surface area contributed by atoms with E-state index >= 15 is 0 Å². The van der Waals surface area contributed by atoms with E-state index in [1.54, 1.807) is 18.3 Å².